The monoisotopic (exact) mass is 386 g/mol. The Morgan fingerprint density at radius 3 is 2.77 bits per heavy atom. The molecule has 3 aromatic heterocycles. The summed E-state index contributed by atoms with van der Waals surface area (Å²) in [5, 5.41) is 5.15. The van der Waals surface area contributed by atoms with Crippen LogP contribution in [0.5, 0.6) is 0 Å². The third-order valence-electron chi connectivity index (χ3n) is 3.98. The molecule has 0 fully saturated rings. The Kier molecular flexibility index (Phi) is 3.97. The van der Waals surface area contributed by atoms with Crippen LogP contribution in [0.3, 0.4) is 0 Å². The lowest BCUT2D eigenvalue weighted by atomic mass is 10.1. The maximum absolute atomic E-state index is 14.4. The zero-order chi connectivity index (χ0) is 18.4. The molecule has 0 aliphatic heterocycles. The zero-order valence-electron chi connectivity index (χ0n) is 13.5. The molecule has 0 atom stereocenters. The summed E-state index contributed by atoms with van der Waals surface area (Å²) in [6, 6.07) is 9.96. The highest BCUT2D eigenvalue weighted by molar-refractivity contribution is 7.17. The second-order valence-electron chi connectivity index (χ2n) is 5.65. The maximum atomic E-state index is 14.4. The van der Waals surface area contributed by atoms with Crippen molar-refractivity contribution < 1.29 is 9.18 Å². The molecule has 0 bridgehead atoms. The summed E-state index contributed by atoms with van der Waals surface area (Å²) >= 11 is 7.26. The van der Waals surface area contributed by atoms with E-state index in [1.807, 2.05) is 31.3 Å². The van der Waals surface area contributed by atoms with Crippen LogP contribution in [-0.2, 0) is 0 Å². The van der Waals surface area contributed by atoms with Crippen LogP contribution < -0.4 is 5.73 Å². The van der Waals surface area contributed by atoms with Gasteiger partial charge < -0.3 is 5.73 Å². The number of carbonyl (C=O) groups is 1. The molecule has 1 amide bonds. The van der Waals surface area contributed by atoms with Gasteiger partial charge >= 0.3 is 0 Å². The standard InChI is InChI=1S/C18H12ClFN4OS/c1-9-13(12-7-2-3-8-24(12)23-9)18-22-15(16(26-18)17(21)25)14-10(19)5-4-6-11(14)20/h2-8H,1H3,(H2,21,25). The van der Waals surface area contributed by atoms with Crippen molar-refractivity contribution in [2.75, 3.05) is 0 Å². The number of carbonyl (C=O) groups excluding carboxylic acids is 1. The number of thiazole rings is 1. The molecule has 2 N–H and O–H groups in total. The van der Waals surface area contributed by atoms with Crippen LogP contribution in [0.25, 0.3) is 27.3 Å². The second-order valence-corrected chi connectivity index (χ2v) is 7.05. The fraction of sp³-hybridized carbons (Fsp3) is 0.0556. The Morgan fingerprint density at radius 2 is 2.04 bits per heavy atom. The summed E-state index contributed by atoms with van der Waals surface area (Å²) in [5.74, 6) is -1.24. The van der Waals surface area contributed by atoms with Crippen molar-refractivity contribution >= 4 is 34.4 Å². The average molecular weight is 387 g/mol. The first-order valence-corrected chi connectivity index (χ1v) is 8.86. The predicted molar refractivity (Wildman–Crippen MR) is 100.0 cm³/mol. The third kappa shape index (κ3) is 2.56. The van der Waals surface area contributed by atoms with E-state index in [0.717, 1.165) is 28.1 Å². The Balaban J connectivity index is 2.01. The van der Waals surface area contributed by atoms with E-state index in [1.165, 1.54) is 12.1 Å². The Morgan fingerprint density at radius 1 is 1.23 bits per heavy atom. The molecular formula is C18H12ClFN4OS. The number of hydrogen-bond donors (Lipinski definition) is 1. The number of aromatic nitrogens is 3. The third-order valence-corrected chi connectivity index (χ3v) is 5.38. The first kappa shape index (κ1) is 16.7. The summed E-state index contributed by atoms with van der Waals surface area (Å²) in [4.78, 5) is 16.6. The minimum absolute atomic E-state index is 0.0691. The number of hydrogen-bond acceptors (Lipinski definition) is 4. The van der Waals surface area contributed by atoms with Gasteiger partial charge in [0.1, 0.15) is 15.7 Å². The molecule has 0 saturated carbocycles. The molecule has 0 aliphatic carbocycles. The van der Waals surface area contributed by atoms with Crippen molar-refractivity contribution in [3.8, 4) is 21.8 Å². The van der Waals surface area contributed by atoms with Crippen LogP contribution in [-0.4, -0.2) is 20.5 Å². The van der Waals surface area contributed by atoms with Crippen molar-refractivity contribution in [1.82, 2.24) is 14.6 Å². The number of amides is 1. The van der Waals surface area contributed by atoms with E-state index >= 15 is 0 Å². The van der Waals surface area contributed by atoms with Crippen molar-refractivity contribution in [3.05, 3.63) is 64.0 Å². The van der Waals surface area contributed by atoms with Crippen LogP contribution in [0.15, 0.2) is 42.6 Å². The van der Waals surface area contributed by atoms with Gasteiger partial charge in [-0.05, 0) is 31.2 Å². The summed E-state index contributed by atoms with van der Waals surface area (Å²) < 4.78 is 16.1. The highest BCUT2D eigenvalue weighted by atomic mass is 35.5. The first-order valence-electron chi connectivity index (χ1n) is 7.66. The summed E-state index contributed by atoms with van der Waals surface area (Å²) in [7, 11) is 0. The number of fused-ring (bicyclic) bond motifs is 1. The smallest absolute Gasteiger partial charge is 0.261 e. The lowest BCUT2D eigenvalue weighted by Gasteiger charge is -2.04. The molecule has 4 rings (SSSR count). The number of aryl methyl sites for hydroxylation is 1. The van der Waals surface area contributed by atoms with Crippen LogP contribution in [0, 0.1) is 12.7 Å². The molecule has 26 heavy (non-hydrogen) atoms. The SMILES string of the molecule is Cc1nn2ccccc2c1-c1nc(-c2c(F)cccc2Cl)c(C(N)=O)s1. The fourth-order valence-electron chi connectivity index (χ4n) is 2.87. The first-order chi connectivity index (χ1) is 12.5. The number of nitrogens with zero attached hydrogens (tertiary/aromatic N) is 3. The van der Waals surface area contributed by atoms with E-state index in [9.17, 15) is 9.18 Å². The van der Waals surface area contributed by atoms with Gasteiger partial charge in [0.25, 0.3) is 5.91 Å². The topological polar surface area (TPSA) is 73.3 Å². The molecule has 0 aliphatic rings. The summed E-state index contributed by atoms with van der Waals surface area (Å²) in [6.07, 6.45) is 1.82. The van der Waals surface area contributed by atoms with Gasteiger partial charge in [-0.25, -0.2) is 13.9 Å². The Labute approximate surface area is 156 Å². The van der Waals surface area contributed by atoms with Gasteiger partial charge in [0.2, 0.25) is 0 Å². The molecule has 5 nitrogen and oxygen atoms in total. The quantitative estimate of drug-likeness (QED) is 0.569. The van der Waals surface area contributed by atoms with E-state index in [4.69, 9.17) is 17.3 Å². The zero-order valence-corrected chi connectivity index (χ0v) is 15.1. The molecule has 0 radical (unpaired) electrons. The molecule has 0 saturated heterocycles. The lowest BCUT2D eigenvalue weighted by molar-refractivity contribution is 0.100. The molecule has 1 aromatic carbocycles. The van der Waals surface area contributed by atoms with Gasteiger partial charge in [0.05, 0.1) is 33.1 Å². The van der Waals surface area contributed by atoms with Crippen LogP contribution >= 0.6 is 22.9 Å². The van der Waals surface area contributed by atoms with E-state index in [-0.39, 0.29) is 21.2 Å². The van der Waals surface area contributed by atoms with Crippen molar-refractivity contribution in [3.63, 3.8) is 0 Å². The molecule has 3 heterocycles. The normalized spacial score (nSPS) is 11.2. The van der Waals surface area contributed by atoms with E-state index in [2.05, 4.69) is 10.1 Å². The van der Waals surface area contributed by atoms with Gasteiger partial charge in [-0.15, -0.1) is 11.3 Å². The largest absolute Gasteiger partial charge is 0.365 e. The van der Waals surface area contributed by atoms with Gasteiger partial charge in [-0.3, -0.25) is 4.79 Å². The molecule has 130 valence electrons. The lowest BCUT2D eigenvalue weighted by Crippen LogP contribution is -2.10. The van der Waals surface area contributed by atoms with Gasteiger partial charge in [0, 0.05) is 6.20 Å². The molecule has 0 spiro atoms. The van der Waals surface area contributed by atoms with Crippen molar-refractivity contribution in [1.29, 1.82) is 0 Å². The highest BCUT2D eigenvalue weighted by Gasteiger charge is 2.25. The second kappa shape index (κ2) is 6.19. The number of pyridine rings is 1. The number of primary amides is 1. The Bertz CT molecular complexity index is 1150. The number of benzene rings is 1. The summed E-state index contributed by atoms with van der Waals surface area (Å²) in [5.41, 5.74) is 8.08. The van der Waals surface area contributed by atoms with Crippen LogP contribution in [0.4, 0.5) is 4.39 Å². The minimum atomic E-state index is -0.683. The molecule has 8 heteroatoms. The van der Waals surface area contributed by atoms with Crippen LogP contribution in [0.1, 0.15) is 15.4 Å². The highest BCUT2D eigenvalue weighted by Crippen LogP contribution is 2.39. The number of halogens is 2. The maximum Gasteiger partial charge on any atom is 0.261 e. The van der Waals surface area contributed by atoms with Crippen molar-refractivity contribution in [2.24, 2.45) is 5.73 Å². The predicted octanol–water partition coefficient (Wildman–Crippen LogP) is 4.32. The fourth-order valence-corrected chi connectivity index (χ4v) is 4.15. The van der Waals surface area contributed by atoms with Gasteiger partial charge in [-0.1, -0.05) is 23.7 Å². The number of nitrogens with two attached hydrogens (primary N) is 1. The van der Waals surface area contributed by atoms with E-state index in [0.29, 0.717) is 5.01 Å². The van der Waals surface area contributed by atoms with Crippen LogP contribution in [0.2, 0.25) is 5.02 Å². The molecular weight excluding hydrogens is 375 g/mol. The average Bonchev–Trinajstić information content (AvgIpc) is 3.15. The number of rotatable bonds is 3. The van der Waals surface area contributed by atoms with Gasteiger partial charge in [0.15, 0.2) is 0 Å². The van der Waals surface area contributed by atoms with E-state index < -0.39 is 11.7 Å². The van der Waals surface area contributed by atoms with Crippen molar-refractivity contribution in [2.45, 2.75) is 6.92 Å². The molecule has 0 unspecified atom stereocenters. The van der Waals surface area contributed by atoms with Gasteiger partial charge in [-0.2, -0.15) is 5.10 Å². The Hall–Kier alpha value is -2.77. The van der Waals surface area contributed by atoms with E-state index in [1.54, 1.807) is 10.6 Å². The summed E-state index contributed by atoms with van der Waals surface area (Å²) in [6.45, 7) is 1.85. The minimum Gasteiger partial charge on any atom is -0.365 e. The molecule has 4 aromatic rings.